The second-order valence-electron chi connectivity index (χ2n) is 3.89. The molecule has 4 nitrogen and oxygen atoms in total. The van der Waals surface area contributed by atoms with Crippen LogP contribution in [0.2, 0.25) is 10.0 Å². The van der Waals surface area contributed by atoms with Crippen molar-refractivity contribution in [2.45, 2.75) is 12.8 Å². The molecule has 2 rings (SSSR count). The molecule has 0 saturated heterocycles. The van der Waals surface area contributed by atoms with Crippen LogP contribution in [-0.4, -0.2) is 10.2 Å². The molecule has 1 heterocycles. The molecule has 2 N–H and O–H groups in total. The number of hydrogen-bond acceptors (Lipinski definition) is 2. The van der Waals surface area contributed by atoms with Gasteiger partial charge in [0.25, 0.3) is 0 Å². The first-order chi connectivity index (χ1) is 8.54. The Hall–Kier alpha value is -1.52. The highest BCUT2D eigenvalue weighted by molar-refractivity contribution is 6.34. The number of aromatic nitrogens is 2. The molecule has 0 unspecified atom stereocenters. The first-order valence-corrected chi connectivity index (χ1v) is 6.06. The summed E-state index contributed by atoms with van der Waals surface area (Å²) >= 11 is 11.8. The number of nitrogens with one attached hydrogen (secondary N) is 2. The summed E-state index contributed by atoms with van der Waals surface area (Å²) in [5.74, 6) is 0. The van der Waals surface area contributed by atoms with Gasteiger partial charge >= 0.3 is 5.56 Å². The molecule has 0 saturated carbocycles. The van der Waals surface area contributed by atoms with E-state index in [1.807, 2.05) is 12.1 Å². The van der Waals surface area contributed by atoms with Gasteiger partial charge in [0.1, 0.15) is 0 Å². The van der Waals surface area contributed by atoms with Gasteiger partial charge in [-0.25, -0.2) is 0 Å². The van der Waals surface area contributed by atoms with Crippen molar-refractivity contribution in [3.05, 3.63) is 66.1 Å². The maximum Gasteiger partial charge on any atom is 0.310 e. The van der Waals surface area contributed by atoms with Gasteiger partial charge in [-0.2, -0.15) is 0 Å². The smallest absolute Gasteiger partial charge is 0.302 e. The average molecular weight is 285 g/mol. The third kappa shape index (κ3) is 3.24. The lowest BCUT2D eigenvalue weighted by Gasteiger charge is -2.03. The van der Waals surface area contributed by atoms with Crippen molar-refractivity contribution in [1.82, 2.24) is 10.2 Å². The van der Waals surface area contributed by atoms with Gasteiger partial charge in [0.15, 0.2) is 0 Å². The summed E-state index contributed by atoms with van der Waals surface area (Å²) in [5, 5.41) is 6.11. The number of H-pyrrole nitrogens is 2. The molecule has 0 aliphatic carbocycles. The van der Waals surface area contributed by atoms with Crippen molar-refractivity contribution < 1.29 is 0 Å². The van der Waals surface area contributed by atoms with Gasteiger partial charge in [0.05, 0.1) is 0 Å². The first kappa shape index (κ1) is 12.9. The molecule has 0 spiro atoms. The van der Waals surface area contributed by atoms with Crippen molar-refractivity contribution in [2.75, 3.05) is 0 Å². The fraction of sp³-hybridized carbons (Fsp3) is 0.167. The second kappa shape index (κ2) is 5.42. The van der Waals surface area contributed by atoms with Crippen molar-refractivity contribution in [2.24, 2.45) is 0 Å². The Balaban J connectivity index is 2.13. The molecule has 0 amide bonds. The zero-order valence-electron chi connectivity index (χ0n) is 9.30. The molecule has 2 aromatic rings. The lowest BCUT2D eigenvalue weighted by atomic mass is 10.1. The van der Waals surface area contributed by atoms with Gasteiger partial charge in [-0.3, -0.25) is 14.7 Å². The molecule has 0 aliphatic rings. The molecule has 0 fully saturated rings. The number of halogens is 2. The minimum atomic E-state index is -0.649. The quantitative estimate of drug-likeness (QED) is 0.849. The zero-order valence-corrected chi connectivity index (χ0v) is 10.8. The zero-order chi connectivity index (χ0) is 13.1. The SMILES string of the molecule is O=c1cc(CCc2cc(Cl)cc(Cl)c2)[nH][nH]c1=O. The maximum atomic E-state index is 11.2. The molecular formula is C12H10Cl2N2O2. The van der Waals surface area contributed by atoms with E-state index in [9.17, 15) is 9.59 Å². The summed E-state index contributed by atoms with van der Waals surface area (Å²) in [6.07, 6.45) is 1.25. The predicted octanol–water partition coefficient (Wildman–Crippen LogP) is 2.16. The molecule has 1 aromatic carbocycles. The lowest BCUT2D eigenvalue weighted by molar-refractivity contribution is 0.838. The highest BCUT2D eigenvalue weighted by Gasteiger charge is 2.01. The topological polar surface area (TPSA) is 65.7 Å². The number of benzene rings is 1. The predicted molar refractivity (Wildman–Crippen MR) is 71.6 cm³/mol. The van der Waals surface area contributed by atoms with Crippen LogP contribution in [0.15, 0.2) is 33.9 Å². The molecule has 6 heteroatoms. The summed E-state index contributed by atoms with van der Waals surface area (Å²) in [6, 6.07) is 6.59. The molecule has 0 atom stereocenters. The van der Waals surface area contributed by atoms with Crippen molar-refractivity contribution >= 4 is 23.2 Å². The molecular weight excluding hydrogens is 275 g/mol. The van der Waals surface area contributed by atoms with Crippen molar-refractivity contribution in [3.8, 4) is 0 Å². The van der Waals surface area contributed by atoms with Crippen LogP contribution in [0.1, 0.15) is 11.3 Å². The number of hydrogen-bond donors (Lipinski definition) is 2. The maximum absolute atomic E-state index is 11.2. The van der Waals surface area contributed by atoms with E-state index in [4.69, 9.17) is 23.2 Å². The van der Waals surface area contributed by atoms with Crippen LogP contribution in [-0.2, 0) is 12.8 Å². The molecule has 0 aliphatic heterocycles. The van der Waals surface area contributed by atoms with Crippen LogP contribution in [0.4, 0.5) is 0 Å². The Morgan fingerprint density at radius 2 is 1.56 bits per heavy atom. The summed E-state index contributed by atoms with van der Waals surface area (Å²) < 4.78 is 0. The Labute approximate surface area is 113 Å². The van der Waals surface area contributed by atoms with Gasteiger partial charge in [-0.05, 0) is 36.6 Å². The van der Waals surface area contributed by atoms with E-state index in [0.717, 1.165) is 5.56 Å². The minimum absolute atomic E-state index is 0.548. The van der Waals surface area contributed by atoms with Crippen molar-refractivity contribution in [1.29, 1.82) is 0 Å². The highest BCUT2D eigenvalue weighted by Crippen LogP contribution is 2.19. The summed E-state index contributed by atoms with van der Waals surface area (Å²) in [4.78, 5) is 22.1. The number of rotatable bonds is 3. The van der Waals surface area contributed by atoms with Crippen LogP contribution >= 0.6 is 23.2 Å². The first-order valence-electron chi connectivity index (χ1n) is 5.30. The monoisotopic (exact) mass is 284 g/mol. The van der Waals surface area contributed by atoms with E-state index in [-0.39, 0.29) is 0 Å². The minimum Gasteiger partial charge on any atom is -0.302 e. The van der Waals surface area contributed by atoms with Crippen LogP contribution in [0.25, 0.3) is 0 Å². The Kier molecular flexibility index (Phi) is 3.89. The molecule has 94 valence electrons. The third-order valence-corrected chi connectivity index (χ3v) is 2.91. The van der Waals surface area contributed by atoms with E-state index < -0.39 is 11.0 Å². The van der Waals surface area contributed by atoms with Gasteiger partial charge in [-0.15, -0.1) is 0 Å². The standard InChI is InChI=1S/C12H10Cl2N2O2/c13-8-3-7(4-9(14)5-8)1-2-10-6-11(17)12(18)16-15-10/h3-6H,1-2H2,(H,15,17)(H,16,18). The van der Waals surface area contributed by atoms with E-state index in [0.29, 0.717) is 28.6 Å². The van der Waals surface area contributed by atoms with E-state index in [1.54, 1.807) is 6.07 Å². The normalized spacial score (nSPS) is 10.6. The Bertz CT molecular complexity index is 656. The molecule has 1 aromatic heterocycles. The van der Waals surface area contributed by atoms with E-state index in [1.165, 1.54) is 6.07 Å². The fourth-order valence-electron chi connectivity index (χ4n) is 1.63. The lowest BCUT2D eigenvalue weighted by Crippen LogP contribution is -2.27. The van der Waals surface area contributed by atoms with Crippen molar-refractivity contribution in [3.63, 3.8) is 0 Å². The van der Waals surface area contributed by atoms with Crippen LogP contribution in [0.5, 0.6) is 0 Å². The number of aromatic amines is 2. The fourth-order valence-corrected chi connectivity index (χ4v) is 2.20. The third-order valence-electron chi connectivity index (χ3n) is 2.47. The number of aryl methyl sites for hydroxylation is 2. The van der Waals surface area contributed by atoms with Gasteiger partial charge < -0.3 is 5.10 Å². The van der Waals surface area contributed by atoms with Gasteiger partial charge in [-0.1, -0.05) is 23.2 Å². The highest BCUT2D eigenvalue weighted by atomic mass is 35.5. The van der Waals surface area contributed by atoms with Crippen LogP contribution < -0.4 is 11.0 Å². The van der Waals surface area contributed by atoms with E-state index >= 15 is 0 Å². The van der Waals surface area contributed by atoms with E-state index in [2.05, 4.69) is 10.2 Å². The van der Waals surface area contributed by atoms with Gasteiger partial charge in [0.2, 0.25) is 5.43 Å². The Morgan fingerprint density at radius 3 is 2.17 bits per heavy atom. The molecule has 0 radical (unpaired) electrons. The van der Waals surface area contributed by atoms with Crippen LogP contribution in [0, 0.1) is 0 Å². The summed E-state index contributed by atoms with van der Waals surface area (Å²) in [7, 11) is 0. The largest absolute Gasteiger partial charge is 0.310 e. The average Bonchev–Trinajstić information content (AvgIpc) is 2.29. The summed E-state index contributed by atoms with van der Waals surface area (Å²) in [6.45, 7) is 0. The molecule has 18 heavy (non-hydrogen) atoms. The molecule has 0 bridgehead atoms. The Morgan fingerprint density at radius 1 is 0.889 bits per heavy atom. The second-order valence-corrected chi connectivity index (χ2v) is 4.76. The van der Waals surface area contributed by atoms with Gasteiger partial charge in [0, 0.05) is 21.8 Å². The van der Waals surface area contributed by atoms with Crippen LogP contribution in [0.3, 0.4) is 0 Å². The summed E-state index contributed by atoms with van der Waals surface area (Å²) in [5.41, 5.74) is 0.438.